The summed E-state index contributed by atoms with van der Waals surface area (Å²) in [5.41, 5.74) is 3.72. The Labute approximate surface area is 192 Å². The molecule has 170 valence electrons. The Morgan fingerprint density at radius 1 is 1.03 bits per heavy atom. The number of pyridine rings is 2. The summed E-state index contributed by atoms with van der Waals surface area (Å²) in [6.07, 6.45) is 7.87. The lowest BCUT2D eigenvalue weighted by Gasteiger charge is -2.23. The second-order valence-corrected chi connectivity index (χ2v) is 8.02. The number of halogens is 3. The number of nitrogens with one attached hydrogen (secondary N) is 3. The first-order chi connectivity index (χ1) is 15.6. The van der Waals surface area contributed by atoms with Gasteiger partial charge in [-0.25, -0.2) is 14.4 Å². The molecule has 1 aliphatic rings. The van der Waals surface area contributed by atoms with E-state index in [-0.39, 0.29) is 5.82 Å². The van der Waals surface area contributed by atoms with Crippen LogP contribution in [0.1, 0.15) is 37.7 Å². The van der Waals surface area contributed by atoms with Crippen molar-refractivity contribution in [2.75, 3.05) is 17.7 Å². The quantitative estimate of drug-likeness (QED) is 0.373. The van der Waals surface area contributed by atoms with Gasteiger partial charge in [0.05, 0.1) is 10.7 Å². The highest BCUT2D eigenvalue weighted by Gasteiger charge is 2.15. The number of anilines is 2. The number of rotatable bonds is 6. The van der Waals surface area contributed by atoms with Crippen LogP contribution in [-0.2, 0) is 6.54 Å². The van der Waals surface area contributed by atoms with E-state index in [2.05, 4.69) is 20.6 Å². The van der Waals surface area contributed by atoms with Crippen LogP contribution in [-0.4, -0.2) is 23.1 Å². The zero-order chi connectivity index (χ0) is 22.8. The van der Waals surface area contributed by atoms with E-state index in [0.717, 1.165) is 22.6 Å². The predicted octanol–water partition coefficient (Wildman–Crippen LogP) is 6.38. The monoisotopic (exact) mass is 459 g/mol. The Kier molecular flexibility index (Phi) is 9.19. The SMILES string of the molecule is CNF.Fc1cccc(CNc2cccc(-c3cc(NC4CCCCC4)ncc3Cl)n2)c1. The summed E-state index contributed by atoms with van der Waals surface area (Å²) in [4.78, 5) is 9.13. The normalized spacial score (nSPS) is 13.8. The van der Waals surface area contributed by atoms with Crippen LogP contribution in [0.25, 0.3) is 11.3 Å². The molecule has 32 heavy (non-hydrogen) atoms. The van der Waals surface area contributed by atoms with Crippen molar-refractivity contribution < 1.29 is 8.87 Å². The van der Waals surface area contributed by atoms with Crippen molar-refractivity contribution in [2.45, 2.75) is 44.7 Å². The lowest BCUT2D eigenvalue weighted by molar-refractivity contribution is 0.380. The van der Waals surface area contributed by atoms with E-state index < -0.39 is 0 Å². The van der Waals surface area contributed by atoms with Crippen molar-refractivity contribution in [1.29, 1.82) is 0 Å². The molecule has 1 aliphatic carbocycles. The van der Waals surface area contributed by atoms with Crippen LogP contribution in [0.4, 0.5) is 20.5 Å². The summed E-state index contributed by atoms with van der Waals surface area (Å²) < 4.78 is 23.4. The molecule has 3 N–H and O–H groups in total. The van der Waals surface area contributed by atoms with Gasteiger partial charge in [-0.05, 0) is 48.7 Å². The van der Waals surface area contributed by atoms with E-state index in [4.69, 9.17) is 11.6 Å². The first-order valence-electron chi connectivity index (χ1n) is 10.7. The molecule has 1 aromatic carbocycles. The molecule has 0 bridgehead atoms. The third-order valence-electron chi connectivity index (χ3n) is 5.20. The molecule has 2 aromatic heterocycles. The smallest absolute Gasteiger partial charge is 0.126 e. The summed E-state index contributed by atoms with van der Waals surface area (Å²) in [7, 11) is 1.21. The third-order valence-corrected chi connectivity index (χ3v) is 5.50. The maximum atomic E-state index is 13.4. The Morgan fingerprint density at radius 3 is 2.53 bits per heavy atom. The maximum Gasteiger partial charge on any atom is 0.126 e. The molecule has 0 atom stereocenters. The van der Waals surface area contributed by atoms with Crippen LogP contribution in [0.15, 0.2) is 54.7 Å². The summed E-state index contributed by atoms with van der Waals surface area (Å²) in [5.74, 6) is 1.30. The summed E-state index contributed by atoms with van der Waals surface area (Å²) in [6.45, 7) is 0.493. The van der Waals surface area contributed by atoms with Crippen molar-refractivity contribution in [3.05, 3.63) is 71.1 Å². The lowest BCUT2D eigenvalue weighted by atomic mass is 9.95. The molecule has 0 aliphatic heterocycles. The van der Waals surface area contributed by atoms with Gasteiger partial charge in [-0.3, -0.25) is 0 Å². The molecular weight excluding hydrogens is 432 g/mol. The highest BCUT2D eigenvalue weighted by molar-refractivity contribution is 6.33. The summed E-state index contributed by atoms with van der Waals surface area (Å²) in [6, 6.07) is 14.7. The van der Waals surface area contributed by atoms with Gasteiger partial charge in [0.25, 0.3) is 0 Å². The fraction of sp³-hybridized carbons (Fsp3) is 0.333. The van der Waals surface area contributed by atoms with Gasteiger partial charge in [0.2, 0.25) is 0 Å². The van der Waals surface area contributed by atoms with E-state index in [0.29, 0.717) is 23.4 Å². The highest BCUT2D eigenvalue weighted by atomic mass is 35.5. The van der Waals surface area contributed by atoms with Crippen LogP contribution in [0, 0.1) is 5.82 Å². The number of aromatic nitrogens is 2. The minimum atomic E-state index is -0.243. The second kappa shape index (κ2) is 12.3. The molecule has 0 unspecified atom stereocenters. The maximum absolute atomic E-state index is 13.4. The highest BCUT2D eigenvalue weighted by Crippen LogP contribution is 2.30. The van der Waals surface area contributed by atoms with E-state index in [9.17, 15) is 8.87 Å². The average molecular weight is 460 g/mol. The van der Waals surface area contributed by atoms with E-state index in [1.54, 1.807) is 12.3 Å². The van der Waals surface area contributed by atoms with Crippen molar-refractivity contribution in [3.8, 4) is 11.3 Å². The number of hydrogen-bond acceptors (Lipinski definition) is 5. The minimum Gasteiger partial charge on any atom is -0.367 e. The van der Waals surface area contributed by atoms with Crippen LogP contribution in [0.5, 0.6) is 0 Å². The number of nitrogens with zero attached hydrogens (tertiary/aromatic N) is 2. The molecule has 8 heteroatoms. The van der Waals surface area contributed by atoms with Crippen molar-refractivity contribution in [3.63, 3.8) is 0 Å². The van der Waals surface area contributed by atoms with Crippen molar-refractivity contribution in [2.24, 2.45) is 0 Å². The van der Waals surface area contributed by atoms with E-state index >= 15 is 0 Å². The number of hydrogen-bond donors (Lipinski definition) is 3. The molecule has 0 spiro atoms. The Hall–Kier alpha value is -2.77. The third kappa shape index (κ3) is 7.14. The van der Waals surface area contributed by atoms with Gasteiger partial charge in [-0.2, -0.15) is 5.54 Å². The topological polar surface area (TPSA) is 61.9 Å². The van der Waals surface area contributed by atoms with Gasteiger partial charge < -0.3 is 10.6 Å². The van der Waals surface area contributed by atoms with Crippen LogP contribution < -0.4 is 16.2 Å². The fourth-order valence-corrected chi connectivity index (χ4v) is 3.89. The fourth-order valence-electron chi connectivity index (χ4n) is 3.69. The zero-order valence-electron chi connectivity index (χ0n) is 18.0. The molecular formula is C24H28ClF2N5. The average Bonchev–Trinajstić information content (AvgIpc) is 2.80. The number of benzene rings is 1. The van der Waals surface area contributed by atoms with E-state index in [1.807, 2.05) is 30.3 Å². The molecule has 5 nitrogen and oxygen atoms in total. The zero-order valence-corrected chi connectivity index (χ0v) is 18.8. The molecule has 0 amide bonds. The first kappa shape index (κ1) is 23.9. The molecule has 0 saturated heterocycles. The minimum absolute atomic E-state index is 0.243. The Balaban J connectivity index is 0.000000913. The van der Waals surface area contributed by atoms with Gasteiger partial charge in [0.15, 0.2) is 0 Å². The lowest BCUT2D eigenvalue weighted by Crippen LogP contribution is -2.22. The Bertz CT molecular complexity index is 996. The molecule has 4 rings (SSSR count). The largest absolute Gasteiger partial charge is 0.367 e. The van der Waals surface area contributed by atoms with Gasteiger partial charge in [0.1, 0.15) is 17.5 Å². The van der Waals surface area contributed by atoms with Gasteiger partial charge >= 0.3 is 0 Å². The molecule has 2 heterocycles. The van der Waals surface area contributed by atoms with Crippen LogP contribution in [0.2, 0.25) is 5.02 Å². The van der Waals surface area contributed by atoms with Crippen molar-refractivity contribution >= 4 is 23.2 Å². The molecule has 1 fully saturated rings. The van der Waals surface area contributed by atoms with Gasteiger partial charge in [-0.1, -0.05) is 49.1 Å². The summed E-state index contributed by atoms with van der Waals surface area (Å²) in [5, 5.41) is 7.35. The van der Waals surface area contributed by atoms with Gasteiger partial charge in [-0.15, -0.1) is 4.48 Å². The summed E-state index contributed by atoms with van der Waals surface area (Å²) >= 11 is 6.42. The van der Waals surface area contributed by atoms with Crippen LogP contribution >= 0.6 is 11.6 Å². The second-order valence-electron chi connectivity index (χ2n) is 7.61. The van der Waals surface area contributed by atoms with Crippen molar-refractivity contribution in [1.82, 2.24) is 15.5 Å². The standard InChI is InChI=1S/C23H24ClFN4.CH4FN/c24-20-15-27-23(28-18-8-2-1-3-9-18)13-19(20)21-10-5-11-22(29-21)26-14-16-6-4-7-17(25)12-16;1-3-2/h4-7,10-13,15,18H,1-3,8-9,14H2,(H,26,29)(H,27,28);3H,1H3. The molecule has 1 saturated carbocycles. The first-order valence-corrected chi connectivity index (χ1v) is 11.1. The van der Waals surface area contributed by atoms with Gasteiger partial charge in [0, 0.05) is 31.4 Å². The predicted molar refractivity (Wildman–Crippen MR) is 127 cm³/mol. The Morgan fingerprint density at radius 2 is 1.78 bits per heavy atom. The van der Waals surface area contributed by atoms with E-state index in [1.165, 1.54) is 56.8 Å². The van der Waals surface area contributed by atoms with Crippen LogP contribution in [0.3, 0.4) is 0 Å². The molecule has 0 radical (unpaired) electrons. The molecule has 3 aromatic rings.